The molecule has 2 aliphatic carbocycles. The molecule has 2 nitrogen and oxygen atoms in total. The molecule has 13 rings (SSSR count). The van der Waals surface area contributed by atoms with Crippen molar-refractivity contribution in [2.75, 3.05) is 5.32 Å². The summed E-state index contributed by atoms with van der Waals surface area (Å²) in [6.45, 7) is 16.4. The number of nitrogens with one attached hydrogen (secondary N) is 1. The second-order valence-electron chi connectivity index (χ2n) is 20.0. The van der Waals surface area contributed by atoms with Crippen LogP contribution in [0.25, 0.3) is 81.0 Å². The van der Waals surface area contributed by atoms with E-state index in [1.54, 1.807) is 0 Å². The summed E-state index contributed by atoms with van der Waals surface area (Å²) in [7, 11) is 2.50. The number of fused-ring (bicyclic) bond motifs is 15. The van der Waals surface area contributed by atoms with Crippen molar-refractivity contribution in [1.82, 2.24) is 4.57 Å². The lowest BCUT2D eigenvalue weighted by Gasteiger charge is -2.26. The molecule has 0 bridgehead atoms. The highest BCUT2D eigenvalue weighted by atomic mass is 32.1. The molecule has 0 amide bonds. The minimum absolute atomic E-state index is 0.0780. The standard InChI is InChI=1S/C58H46BN2S/c1-56(2,3)32-20-22-33(23-21-32)60-47-29-39-34-14-8-11-17-42(34)58(6,7)45(39)28-40(47)36-24-25-38-53-48(27-26-44-52(53)37-16-9-12-18-43(37)57(44,4)5)61-49-30-41-35-15-10-13-19-50(35)62-51(41)31-46(49)59-54(36)55(38)61/h8-31,60H,1-7H3. The summed E-state index contributed by atoms with van der Waals surface area (Å²) in [5, 5.41) is 9.30. The van der Waals surface area contributed by atoms with Gasteiger partial charge in [-0.1, -0.05) is 151 Å². The van der Waals surface area contributed by atoms with E-state index in [-0.39, 0.29) is 16.2 Å². The van der Waals surface area contributed by atoms with Crippen molar-refractivity contribution < 1.29 is 0 Å². The molecule has 297 valence electrons. The van der Waals surface area contributed by atoms with Crippen LogP contribution < -0.4 is 16.2 Å². The molecule has 62 heavy (non-hydrogen) atoms. The summed E-state index contributed by atoms with van der Waals surface area (Å²) in [5.41, 5.74) is 23.1. The first kappa shape index (κ1) is 36.3. The highest BCUT2D eigenvalue weighted by Crippen LogP contribution is 2.55. The van der Waals surface area contributed by atoms with Crippen LogP contribution in [-0.4, -0.2) is 11.8 Å². The van der Waals surface area contributed by atoms with E-state index in [0.29, 0.717) is 0 Å². The van der Waals surface area contributed by atoms with Crippen molar-refractivity contribution in [2.24, 2.45) is 0 Å². The Labute approximate surface area is 368 Å². The Hall–Kier alpha value is -6.36. The van der Waals surface area contributed by atoms with Gasteiger partial charge in [-0.15, -0.1) is 11.3 Å². The zero-order valence-electron chi connectivity index (χ0n) is 36.3. The Morgan fingerprint density at radius 1 is 0.548 bits per heavy atom. The number of hydrogen-bond donors (Lipinski definition) is 1. The third-order valence-corrected chi connectivity index (χ3v) is 15.9. The molecule has 4 heteroatoms. The summed E-state index contributed by atoms with van der Waals surface area (Å²) >= 11 is 1.90. The third kappa shape index (κ3) is 4.76. The first-order valence-corrected chi connectivity index (χ1v) is 22.9. The highest BCUT2D eigenvalue weighted by Gasteiger charge is 2.40. The summed E-state index contributed by atoms with van der Waals surface area (Å²) < 4.78 is 5.27. The van der Waals surface area contributed by atoms with Crippen molar-refractivity contribution in [1.29, 1.82) is 0 Å². The highest BCUT2D eigenvalue weighted by molar-refractivity contribution is 7.26. The van der Waals surface area contributed by atoms with Crippen LogP contribution in [0.15, 0.2) is 146 Å². The maximum absolute atomic E-state index is 3.99. The Morgan fingerprint density at radius 2 is 1.26 bits per heavy atom. The van der Waals surface area contributed by atoms with Crippen LogP contribution in [0.2, 0.25) is 0 Å². The number of thiophene rings is 1. The van der Waals surface area contributed by atoms with Gasteiger partial charge >= 0.3 is 0 Å². The van der Waals surface area contributed by atoms with Crippen LogP contribution in [0, 0.1) is 0 Å². The minimum Gasteiger partial charge on any atom is -0.355 e. The van der Waals surface area contributed by atoms with Crippen LogP contribution in [0.3, 0.4) is 0 Å². The van der Waals surface area contributed by atoms with Gasteiger partial charge in [-0.25, -0.2) is 0 Å². The van der Waals surface area contributed by atoms with Crippen LogP contribution in [0.1, 0.15) is 76.3 Å². The zero-order valence-corrected chi connectivity index (χ0v) is 37.1. The van der Waals surface area contributed by atoms with Crippen LogP contribution in [0.5, 0.6) is 0 Å². The molecule has 1 aliphatic heterocycles. The lowest BCUT2D eigenvalue weighted by atomic mass is 9.59. The van der Waals surface area contributed by atoms with Gasteiger partial charge in [-0.3, -0.25) is 0 Å². The van der Waals surface area contributed by atoms with E-state index in [1.165, 1.54) is 120 Å². The fourth-order valence-corrected chi connectivity index (χ4v) is 12.7. The second-order valence-corrected chi connectivity index (χ2v) is 21.1. The first-order valence-electron chi connectivity index (χ1n) is 22.1. The van der Waals surface area contributed by atoms with Crippen molar-refractivity contribution in [3.8, 4) is 39.1 Å². The van der Waals surface area contributed by atoms with E-state index >= 15 is 0 Å². The van der Waals surface area contributed by atoms with Gasteiger partial charge in [0.05, 0.1) is 5.52 Å². The van der Waals surface area contributed by atoms with E-state index in [2.05, 4.69) is 211 Å². The molecule has 0 saturated carbocycles. The molecule has 3 aliphatic rings. The zero-order chi connectivity index (χ0) is 42.0. The SMILES string of the molecule is CC(C)(C)c1ccc(Nc2cc3c(cc2-c2ccc4c5c6c(ccc5n5c4c2[B]c2cc4sc7ccccc7c4cc2-5)C(C)(C)c2ccccc2-6)C(C)(C)c2ccccc2-3)cc1. The number of hydrogen-bond acceptors (Lipinski definition) is 2. The van der Waals surface area contributed by atoms with Crippen molar-refractivity contribution in [2.45, 2.75) is 64.7 Å². The molecule has 0 unspecified atom stereocenters. The van der Waals surface area contributed by atoms with Crippen molar-refractivity contribution in [3.05, 3.63) is 173 Å². The number of rotatable bonds is 3. The van der Waals surface area contributed by atoms with E-state index in [1.807, 2.05) is 11.3 Å². The summed E-state index contributed by atoms with van der Waals surface area (Å²) in [6.07, 6.45) is 0. The van der Waals surface area contributed by atoms with Gasteiger partial charge in [0.1, 0.15) is 0 Å². The van der Waals surface area contributed by atoms with Gasteiger partial charge < -0.3 is 9.88 Å². The molecule has 0 atom stereocenters. The smallest absolute Gasteiger partial charge is 0.197 e. The predicted octanol–water partition coefficient (Wildman–Crippen LogP) is 14.4. The van der Waals surface area contributed by atoms with Gasteiger partial charge in [0.25, 0.3) is 0 Å². The molecule has 1 radical (unpaired) electrons. The number of anilines is 2. The molecule has 0 spiro atoms. The maximum Gasteiger partial charge on any atom is 0.197 e. The summed E-state index contributed by atoms with van der Waals surface area (Å²) in [4.78, 5) is 0. The monoisotopic (exact) mass is 813 g/mol. The Bertz CT molecular complexity index is 3610. The van der Waals surface area contributed by atoms with Gasteiger partial charge in [0, 0.05) is 69.9 Å². The molecule has 3 heterocycles. The van der Waals surface area contributed by atoms with Gasteiger partial charge in [-0.2, -0.15) is 0 Å². The molecular formula is C58H46BN2S. The van der Waals surface area contributed by atoms with E-state index < -0.39 is 0 Å². The quantitative estimate of drug-likeness (QED) is 0.176. The Kier molecular flexibility index (Phi) is 7.13. The third-order valence-electron chi connectivity index (χ3n) is 14.8. The topological polar surface area (TPSA) is 17.0 Å². The predicted molar refractivity (Wildman–Crippen MR) is 268 cm³/mol. The van der Waals surface area contributed by atoms with Gasteiger partial charge in [0.2, 0.25) is 0 Å². The number of nitrogens with zero attached hydrogens (tertiary/aromatic N) is 1. The Balaban J connectivity index is 1.12. The average Bonchev–Trinajstić information content (AvgIpc) is 3.94. The van der Waals surface area contributed by atoms with E-state index in [0.717, 1.165) is 11.4 Å². The van der Waals surface area contributed by atoms with Crippen LogP contribution in [0.4, 0.5) is 11.4 Å². The van der Waals surface area contributed by atoms with Crippen LogP contribution in [-0.2, 0) is 16.2 Å². The molecular weight excluding hydrogens is 768 g/mol. The number of benzene rings is 8. The molecule has 10 aromatic rings. The summed E-state index contributed by atoms with van der Waals surface area (Å²) in [6, 6.07) is 55.6. The van der Waals surface area contributed by atoms with Crippen molar-refractivity contribution in [3.63, 3.8) is 0 Å². The largest absolute Gasteiger partial charge is 0.355 e. The molecule has 2 aromatic heterocycles. The molecule has 0 fully saturated rings. The van der Waals surface area contributed by atoms with Gasteiger partial charge in [-0.05, 0) is 115 Å². The van der Waals surface area contributed by atoms with Crippen LogP contribution >= 0.6 is 11.3 Å². The fraction of sp³-hybridized carbons (Fsp3) is 0.172. The van der Waals surface area contributed by atoms with Gasteiger partial charge in [0.15, 0.2) is 7.28 Å². The second kappa shape index (κ2) is 12.2. The lowest BCUT2D eigenvalue weighted by molar-refractivity contribution is 0.590. The molecule has 1 N–H and O–H groups in total. The molecule has 8 aromatic carbocycles. The first-order chi connectivity index (χ1) is 29.9. The molecule has 0 saturated heterocycles. The fourth-order valence-electron chi connectivity index (χ4n) is 11.6. The normalized spacial score (nSPS) is 15.1. The van der Waals surface area contributed by atoms with Crippen molar-refractivity contribution >= 4 is 82.9 Å². The minimum atomic E-state index is -0.145. The number of aromatic nitrogens is 1. The van der Waals surface area contributed by atoms with E-state index in [9.17, 15) is 0 Å². The van der Waals surface area contributed by atoms with E-state index in [4.69, 9.17) is 0 Å². The summed E-state index contributed by atoms with van der Waals surface area (Å²) in [5.74, 6) is 0. The lowest BCUT2D eigenvalue weighted by Crippen LogP contribution is -2.37. The Morgan fingerprint density at radius 3 is 2.05 bits per heavy atom. The average molecular weight is 814 g/mol. The maximum atomic E-state index is 3.99.